The van der Waals surface area contributed by atoms with Crippen molar-refractivity contribution in [1.82, 2.24) is 37.8 Å². The molecule has 9 heteroatoms. The summed E-state index contributed by atoms with van der Waals surface area (Å²) in [6.45, 7) is 28.3. The molecule has 0 aliphatic heterocycles. The van der Waals surface area contributed by atoms with Gasteiger partial charge in [0.2, 0.25) is 0 Å². The second-order valence-electron chi connectivity index (χ2n) is 29.0. The third kappa shape index (κ3) is 14.5. The Labute approximate surface area is 643 Å². The number of rotatable bonds is 14. The van der Waals surface area contributed by atoms with E-state index in [0.717, 1.165) is 52.7 Å². The molecule has 2 unspecified atom stereocenters. The van der Waals surface area contributed by atoms with Gasteiger partial charge in [-0.25, -0.2) is 0 Å². The van der Waals surface area contributed by atoms with Gasteiger partial charge in [0.1, 0.15) is 0 Å². The molecule has 0 bridgehead atoms. The quantitative estimate of drug-likeness (QED) is 0.102. The van der Waals surface area contributed by atoms with Crippen LogP contribution in [0.1, 0.15) is 111 Å². The Hall–Kier alpha value is -11.5. The van der Waals surface area contributed by atoms with E-state index in [0.29, 0.717) is 11.8 Å². The molecule has 0 fully saturated rings. The van der Waals surface area contributed by atoms with Crippen LogP contribution >= 0.6 is 0 Å². The topological polar surface area (TPSA) is 63.3 Å². The first kappa shape index (κ1) is 72.5. The second-order valence-corrected chi connectivity index (χ2v) is 29.0. The summed E-state index contributed by atoms with van der Waals surface area (Å²) in [5.74, 6) is 3.64. The van der Waals surface area contributed by atoms with E-state index in [1.807, 2.05) is 49.2 Å². The zero-order chi connectivity index (χ0) is 73.4. The molecule has 530 valence electrons. The van der Waals surface area contributed by atoms with E-state index in [2.05, 4.69) is 360 Å². The predicted molar refractivity (Wildman–Crippen MR) is 442 cm³/mol. The van der Waals surface area contributed by atoms with Crippen LogP contribution in [-0.2, 0) is 20.1 Å². The zero-order valence-corrected chi connectivity index (χ0v) is 65.8. The van der Waals surface area contributed by atoms with Gasteiger partial charge >= 0.3 is 20.1 Å². The molecule has 0 spiro atoms. The first-order chi connectivity index (χ1) is 51.5. The van der Waals surface area contributed by atoms with E-state index in [1.54, 1.807) is 0 Å². The normalized spacial score (nSPS) is 11.9. The summed E-state index contributed by atoms with van der Waals surface area (Å²) in [6.07, 6.45) is 13.9. The monoisotopic (exact) mass is 1570 g/mol. The largest absolute Gasteiger partial charge is 3.00 e. The standard InChI is InChI=1S/C60H51N4.2C19H19N2.Ir/c1-6-43(48-35-41(4)59(42(5)36-48)62-33-32-61-60(62)45-24-22-39(2)23-25-45)34-40(3)44-26-29-49(30-27-44)63-57-21-12-9-18-53(57)54-38-47(28-31-58(54)63)46-14-13-15-50(37-46)64-55-19-10-7-16-51(55)52-17-8-11-20-56(52)64;2*1-13-5-7-17(8-6-13)19-20-9-10-21(19)18-15(3)11-14(2)12-16(18)4;/h7-24,26-33,35-38,40,43H,6,34H2,1-5H3;2*5-7,9-12H,1-4H3;/q3*-1;+3. The minimum atomic E-state index is 0. The number of hydrogen-bond donors (Lipinski definition) is 0. The molecule has 17 rings (SSSR count). The number of hydrogen-bond acceptors (Lipinski definition) is 3. The van der Waals surface area contributed by atoms with Gasteiger partial charge < -0.3 is 22.8 Å². The number of imidazole rings is 3. The van der Waals surface area contributed by atoms with E-state index >= 15 is 0 Å². The fraction of sp³-hybridized carbons (Fsp3) is 0.173. The fourth-order valence-corrected chi connectivity index (χ4v) is 16.2. The predicted octanol–water partition coefficient (Wildman–Crippen LogP) is 25.0. The van der Waals surface area contributed by atoms with Crippen LogP contribution in [0.5, 0.6) is 0 Å². The smallest absolute Gasteiger partial charge is 0.340 e. The van der Waals surface area contributed by atoms with Crippen LogP contribution in [0.3, 0.4) is 0 Å². The Balaban J connectivity index is 0.000000180. The Morgan fingerprint density at radius 1 is 0.336 bits per heavy atom. The third-order valence-corrected chi connectivity index (χ3v) is 21.1. The number of benzene rings is 12. The number of nitrogens with zero attached hydrogens (tertiary/aromatic N) is 8. The van der Waals surface area contributed by atoms with Gasteiger partial charge in [-0.15, -0.1) is 106 Å². The van der Waals surface area contributed by atoms with Crippen molar-refractivity contribution in [2.45, 2.75) is 115 Å². The van der Waals surface area contributed by atoms with Gasteiger partial charge in [-0.1, -0.05) is 167 Å². The van der Waals surface area contributed by atoms with Crippen molar-refractivity contribution in [1.29, 1.82) is 0 Å². The van der Waals surface area contributed by atoms with Crippen molar-refractivity contribution in [3.63, 3.8) is 0 Å². The van der Waals surface area contributed by atoms with Gasteiger partial charge in [0.05, 0.1) is 39.5 Å². The SMILES string of the molecule is CCC(CC(C)c1ccc(-n2c3ccccc3c3cc(-c4cccc(-n5c6ccccc6c6ccccc65)c4)ccc32)cc1)c1cc(C)c(-n2ccnc2-c2[c-]cc(C)cc2)c(C)c1.Cc1c[c-]c(-c2nccn2-c2c(C)cc(C)cc2C)cc1.Cc1c[c-]c(-c2nccn2-c2c(C)cc(C)cc2C)cc1.[Ir+3]. The Bertz CT molecular complexity index is 5790. The van der Waals surface area contributed by atoms with Crippen molar-refractivity contribution in [2.75, 3.05) is 0 Å². The molecule has 0 aliphatic carbocycles. The molecule has 0 N–H and O–H groups in total. The van der Waals surface area contributed by atoms with Gasteiger partial charge in [0.15, 0.2) is 0 Å². The van der Waals surface area contributed by atoms with Gasteiger partial charge in [-0.2, -0.15) is 0 Å². The van der Waals surface area contributed by atoms with Gasteiger partial charge in [0, 0.05) is 87.2 Å². The van der Waals surface area contributed by atoms with Crippen LogP contribution in [0.25, 0.3) is 117 Å². The molecule has 0 saturated carbocycles. The molecular formula is C98H89IrN8. The number of aromatic nitrogens is 8. The molecule has 5 aromatic heterocycles. The number of aryl methyl sites for hydroxylation is 11. The van der Waals surface area contributed by atoms with Crippen LogP contribution in [-0.4, -0.2) is 37.8 Å². The summed E-state index contributed by atoms with van der Waals surface area (Å²) >= 11 is 0. The molecule has 17 aromatic rings. The van der Waals surface area contributed by atoms with E-state index in [1.165, 1.54) is 150 Å². The Morgan fingerprint density at radius 3 is 1.13 bits per heavy atom. The van der Waals surface area contributed by atoms with Crippen molar-refractivity contribution in [2.24, 2.45) is 0 Å². The first-order valence-corrected chi connectivity index (χ1v) is 37.0. The molecule has 0 radical (unpaired) electrons. The van der Waals surface area contributed by atoms with Gasteiger partial charge in [-0.3, -0.25) is 15.0 Å². The van der Waals surface area contributed by atoms with E-state index in [9.17, 15) is 0 Å². The van der Waals surface area contributed by atoms with Gasteiger partial charge in [0.25, 0.3) is 0 Å². The minimum Gasteiger partial charge on any atom is -0.340 e. The van der Waals surface area contributed by atoms with Crippen molar-refractivity contribution >= 4 is 43.6 Å². The summed E-state index contributed by atoms with van der Waals surface area (Å²) in [7, 11) is 0. The second kappa shape index (κ2) is 30.9. The van der Waals surface area contributed by atoms with Crippen LogP contribution < -0.4 is 0 Å². The Morgan fingerprint density at radius 2 is 0.720 bits per heavy atom. The van der Waals surface area contributed by atoms with Crippen molar-refractivity contribution in [3.8, 4) is 73.7 Å². The average molecular weight is 1570 g/mol. The summed E-state index contributed by atoms with van der Waals surface area (Å²) in [4.78, 5) is 13.8. The number of para-hydroxylation sites is 3. The van der Waals surface area contributed by atoms with Crippen LogP contribution in [0.2, 0.25) is 0 Å². The van der Waals surface area contributed by atoms with Gasteiger partial charge in [-0.05, 0) is 190 Å². The molecule has 0 amide bonds. The van der Waals surface area contributed by atoms with E-state index in [-0.39, 0.29) is 20.1 Å². The van der Waals surface area contributed by atoms with Crippen LogP contribution in [0.4, 0.5) is 0 Å². The molecule has 8 nitrogen and oxygen atoms in total. The summed E-state index contributed by atoms with van der Waals surface area (Å²) in [5, 5.41) is 5.07. The zero-order valence-electron chi connectivity index (χ0n) is 63.4. The fourth-order valence-electron chi connectivity index (χ4n) is 16.2. The maximum absolute atomic E-state index is 4.74. The molecule has 0 saturated heterocycles. The summed E-state index contributed by atoms with van der Waals surface area (Å²) < 4.78 is 11.4. The minimum absolute atomic E-state index is 0. The molecule has 2 atom stereocenters. The molecule has 107 heavy (non-hydrogen) atoms. The summed E-state index contributed by atoms with van der Waals surface area (Å²) in [6, 6.07) is 93.9. The molecule has 0 aliphatic rings. The first-order valence-electron chi connectivity index (χ1n) is 37.0. The number of fused-ring (bicyclic) bond motifs is 6. The third-order valence-electron chi connectivity index (χ3n) is 21.1. The molecular weight excluding hydrogens is 1480 g/mol. The molecule has 12 aromatic carbocycles. The van der Waals surface area contributed by atoms with Crippen LogP contribution in [0, 0.1) is 94.4 Å². The van der Waals surface area contributed by atoms with Crippen molar-refractivity contribution < 1.29 is 20.1 Å². The van der Waals surface area contributed by atoms with Crippen molar-refractivity contribution in [3.05, 3.63) is 358 Å². The Kier molecular flexibility index (Phi) is 20.9. The molecule has 5 heterocycles. The van der Waals surface area contributed by atoms with E-state index in [4.69, 9.17) is 4.98 Å². The average Bonchev–Trinajstić information content (AvgIpc) is 1.59. The maximum atomic E-state index is 4.74. The van der Waals surface area contributed by atoms with E-state index < -0.39 is 0 Å². The van der Waals surface area contributed by atoms with Crippen LogP contribution in [0.15, 0.2) is 268 Å². The maximum Gasteiger partial charge on any atom is 3.00 e. The summed E-state index contributed by atoms with van der Waals surface area (Å²) in [5.41, 5.74) is 32.9.